The van der Waals surface area contributed by atoms with E-state index in [0.717, 1.165) is 27.7 Å². The number of H-pyrrole nitrogens is 1. The zero-order valence-electron chi connectivity index (χ0n) is 17.3. The van der Waals surface area contributed by atoms with Crippen LogP contribution in [0.15, 0.2) is 48.5 Å². The first-order valence-electron chi connectivity index (χ1n) is 10.2. The van der Waals surface area contributed by atoms with Crippen LogP contribution in [0.2, 0.25) is 5.02 Å². The molecule has 3 heterocycles. The number of carbonyl (C=O) groups excluding carboxylic acids is 2. The van der Waals surface area contributed by atoms with E-state index in [0.29, 0.717) is 11.4 Å². The number of fused-ring (bicyclic) bond motifs is 4. The van der Waals surface area contributed by atoms with Crippen LogP contribution in [0.25, 0.3) is 10.9 Å². The Morgan fingerprint density at radius 1 is 1.03 bits per heavy atom. The quantitative estimate of drug-likeness (QED) is 0.636. The molecule has 5 nitrogen and oxygen atoms in total. The highest BCUT2D eigenvalue weighted by Gasteiger charge is 2.50. The van der Waals surface area contributed by atoms with Crippen LogP contribution in [-0.4, -0.2) is 44.7 Å². The molecular formula is C24H24ClN3O2. The fourth-order valence-corrected chi connectivity index (χ4v) is 4.95. The Kier molecular flexibility index (Phi) is 4.23. The minimum Gasteiger partial charge on any atom is -0.356 e. The van der Waals surface area contributed by atoms with Crippen LogP contribution in [0, 0.1) is 0 Å². The van der Waals surface area contributed by atoms with Gasteiger partial charge in [-0.15, -0.1) is 0 Å². The maximum absolute atomic E-state index is 13.6. The largest absolute Gasteiger partial charge is 0.356 e. The van der Waals surface area contributed by atoms with Crippen molar-refractivity contribution in [2.45, 2.75) is 44.8 Å². The third-order valence-electron chi connectivity index (χ3n) is 6.26. The lowest BCUT2D eigenvalue weighted by atomic mass is 9.85. The van der Waals surface area contributed by atoms with Gasteiger partial charge in [-0.3, -0.25) is 9.59 Å². The number of carbonyl (C=O) groups is 2. The number of hydrogen-bond donors (Lipinski definition) is 1. The molecule has 3 aromatic rings. The summed E-state index contributed by atoms with van der Waals surface area (Å²) in [6, 6.07) is 14.8. The molecule has 0 aliphatic carbocycles. The normalized spacial score (nSPS) is 21.7. The molecule has 6 heteroatoms. The standard InChI is InChI=1S/C24H24ClN3O2/c1-24(2,3)27-13-20(29)28-19(23(27)30)12-17-16-6-4-5-7-18(16)26-21(17)22(28)14-8-10-15(25)11-9-14/h4-11,19,22,26H,12-13H2,1-3H3/t19-,22+/m1/s1. The average Bonchev–Trinajstić information content (AvgIpc) is 3.07. The Morgan fingerprint density at radius 3 is 2.43 bits per heavy atom. The molecule has 154 valence electrons. The summed E-state index contributed by atoms with van der Waals surface area (Å²) < 4.78 is 0. The van der Waals surface area contributed by atoms with E-state index in [-0.39, 0.29) is 24.4 Å². The van der Waals surface area contributed by atoms with Gasteiger partial charge in [-0.2, -0.15) is 0 Å². The smallest absolute Gasteiger partial charge is 0.246 e. The van der Waals surface area contributed by atoms with Gasteiger partial charge in [0.05, 0.1) is 6.04 Å². The maximum atomic E-state index is 13.6. The van der Waals surface area contributed by atoms with Crippen molar-refractivity contribution in [3.63, 3.8) is 0 Å². The van der Waals surface area contributed by atoms with E-state index in [1.807, 2.05) is 63.2 Å². The number of piperazine rings is 1. The molecule has 2 aliphatic rings. The first-order chi connectivity index (χ1) is 14.3. The Balaban J connectivity index is 1.72. The van der Waals surface area contributed by atoms with Crippen LogP contribution in [0.4, 0.5) is 0 Å². The zero-order valence-corrected chi connectivity index (χ0v) is 18.0. The van der Waals surface area contributed by atoms with Crippen molar-refractivity contribution >= 4 is 34.3 Å². The summed E-state index contributed by atoms with van der Waals surface area (Å²) in [5.41, 5.74) is 3.66. The molecule has 1 N–H and O–H groups in total. The second kappa shape index (κ2) is 6.61. The zero-order chi connectivity index (χ0) is 21.2. The topological polar surface area (TPSA) is 56.4 Å². The van der Waals surface area contributed by atoms with Gasteiger partial charge in [0.1, 0.15) is 12.6 Å². The molecule has 2 aromatic carbocycles. The van der Waals surface area contributed by atoms with E-state index in [1.165, 1.54) is 0 Å². The Hall–Kier alpha value is -2.79. The van der Waals surface area contributed by atoms with Crippen molar-refractivity contribution in [2.24, 2.45) is 0 Å². The molecule has 30 heavy (non-hydrogen) atoms. The number of hydrogen-bond acceptors (Lipinski definition) is 2. The second-order valence-electron chi connectivity index (χ2n) is 9.13. The molecule has 0 bridgehead atoms. The molecule has 0 saturated carbocycles. The van der Waals surface area contributed by atoms with Gasteiger partial charge in [0, 0.05) is 33.6 Å². The number of amides is 2. The van der Waals surface area contributed by atoms with Crippen molar-refractivity contribution in [2.75, 3.05) is 6.54 Å². The van der Waals surface area contributed by atoms with Crippen molar-refractivity contribution in [1.29, 1.82) is 0 Å². The summed E-state index contributed by atoms with van der Waals surface area (Å²) >= 11 is 6.12. The highest BCUT2D eigenvalue weighted by Crippen LogP contribution is 2.43. The van der Waals surface area contributed by atoms with Crippen molar-refractivity contribution in [3.05, 3.63) is 70.4 Å². The third kappa shape index (κ3) is 2.83. The van der Waals surface area contributed by atoms with Gasteiger partial charge in [-0.05, 0) is 50.1 Å². The second-order valence-corrected chi connectivity index (χ2v) is 9.57. The molecule has 1 aromatic heterocycles. The first-order valence-corrected chi connectivity index (χ1v) is 10.6. The van der Waals surface area contributed by atoms with Gasteiger partial charge in [0.2, 0.25) is 11.8 Å². The van der Waals surface area contributed by atoms with Gasteiger partial charge < -0.3 is 14.8 Å². The summed E-state index contributed by atoms with van der Waals surface area (Å²) in [6.45, 7) is 6.03. The number of benzene rings is 2. The number of nitrogens with zero attached hydrogens (tertiary/aromatic N) is 2. The number of rotatable bonds is 1. The van der Waals surface area contributed by atoms with Crippen LogP contribution in [0.3, 0.4) is 0 Å². The summed E-state index contributed by atoms with van der Waals surface area (Å²) in [7, 11) is 0. The SMILES string of the molecule is CC(C)(C)N1CC(=O)N2[C@@H](c3ccc(Cl)cc3)c3[nH]c4ccccc4c3C[C@@H]2C1=O. The third-order valence-corrected chi connectivity index (χ3v) is 6.51. The number of nitrogens with one attached hydrogen (secondary N) is 1. The maximum Gasteiger partial charge on any atom is 0.246 e. The Morgan fingerprint density at radius 2 is 1.73 bits per heavy atom. The van der Waals surface area contributed by atoms with E-state index >= 15 is 0 Å². The molecule has 0 unspecified atom stereocenters. The average molecular weight is 422 g/mol. The van der Waals surface area contributed by atoms with Gasteiger partial charge in [-0.1, -0.05) is 41.9 Å². The van der Waals surface area contributed by atoms with Gasteiger partial charge in [0.15, 0.2) is 0 Å². The first kappa shape index (κ1) is 19.2. The molecular weight excluding hydrogens is 398 g/mol. The molecule has 2 aliphatic heterocycles. The Bertz CT molecular complexity index is 1160. The molecule has 0 spiro atoms. The van der Waals surface area contributed by atoms with E-state index in [2.05, 4.69) is 11.1 Å². The van der Waals surface area contributed by atoms with Crippen LogP contribution in [0.5, 0.6) is 0 Å². The Labute approximate surface area is 180 Å². The monoisotopic (exact) mass is 421 g/mol. The van der Waals surface area contributed by atoms with Gasteiger partial charge in [-0.25, -0.2) is 0 Å². The molecule has 1 saturated heterocycles. The van der Waals surface area contributed by atoms with Gasteiger partial charge in [0.25, 0.3) is 0 Å². The summed E-state index contributed by atoms with van der Waals surface area (Å²) in [5.74, 6) is -0.0178. The summed E-state index contributed by atoms with van der Waals surface area (Å²) in [6.07, 6.45) is 0.514. The number of aromatic nitrogens is 1. The van der Waals surface area contributed by atoms with Crippen LogP contribution >= 0.6 is 11.6 Å². The minimum atomic E-state index is -0.516. The highest BCUT2D eigenvalue weighted by molar-refractivity contribution is 6.30. The lowest BCUT2D eigenvalue weighted by Crippen LogP contribution is -2.66. The predicted octanol–water partition coefficient (Wildman–Crippen LogP) is 4.30. The van der Waals surface area contributed by atoms with Crippen molar-refractivity contribution in [1.82, 2.24) is 14.8 Å². The lowest BCUT2D eigenvalue weighted by Gasteiger charge is -2.50. The molecule has 2 amide bonds. The van der Waals surface area contributed by atoms with Crippen molar-refractivity contribution < 1.29 is 9.59 Å². The van der Waals surface area contributed by atoms with E-state index in [9.17, 15) is 9.59 Å². The van der Waals surface area contributed by atoms with Crippen LogP contribution < -0.4 is 0 Å². The molecule has 5 rings (SSSR count). The lowest BCUT2D eigenvalue weighted by molar-refractivity contribution is -0.163. The number of halogens is 1. The van der Waals surface area contributed by atoms with Crippen molar-refractivity contribution in [3.8, 4) is 0 Å². The van der Waals surface area contributed by atoms with E-state index < -0.39 is 11.6 Å². The molecule has 2 atom stereocenters. The molecule has 1 fully saturated rings. The predicted molar refractivity (Wildman–Crippen MR) is 117 cm³/mol. The highest BCUT2D eigenvalue weighted by atomic mass is 35.5. The van der Waals surface area contributed by atoms with Crippen LogP contribution in [-0.2, 0) is 16.0 Å². The van der Waals surface area contributed by atoms with E-state index in [4.69, 9.17) is 11.6 Å². The van der Waals surface area contributed by atoms with Gasteiger partial charge >= 0.3 is 0 Å². The summed E-state index contributed by atoms with van der Waals surface area (Å²) in [4.78, 5) is 34.0. The molecule has 0 radical (unpaired) electrons. The summed E-state index contributed by atoms with van der Waals surface area (Å²) in [5, 5.41) is 1.75. The minimum absolute atomic E-state index is 0.0111. The van der Waals surface area contributed by atoms with Crippen LogP contribution in [0.1, 0.15) is 43.6 Å². The fourth-order valence-electron chi connectivity index (χ4n) is 4.82. The number of para-hydroxylation sites is 1. The number of aromatic amines is 1. The fraction of sp³-hybridized carbons (Fsp3) is 0.333. The van der Waals surface area contributed by atoms with E-state index in [1.54, 1.807) is 9.80 Å².